The first-order valence-electron chi connectivity index (χ1n) is 8.31. The molecule has 4 rings (SSSR count). The highest BCUT2D eigenvalue weighted by molar-refractivity contribution is 6.07. The van der Waals surface area contributed by atoms with Gasteiger partial charge in [0.05, 0.1) is 12.8 Å². The van der Waals surface area contributed by atoms with Gasteiger partial charge in [-0.25, -0.2) is 4.39 Å². The maximum Gasteiger partial charge on any atom is 0.262 e. The topological polar surface area (TPSA) is 60.7 Å². The number of ether oxygens (including phenoxy) is 2. The normalized spacial score (nSPS) is 10.9. The van der Waals surface area contributed by atoms with E-state index in [1.807, 2.05) is 30.3 Å². The van der Waals surface area contributed by atoms with Crippen molar-refractivity contribution in [3.63, 3.8) is 0 Å². The van der Waals surface area contributed by atoms with Crippen LogP contribution in [0.5, 0.6) is 11.5 Å². The van der Waals surface area contributed by atoms with E-state index < -0.39 is 11.7 Å². The van der Waals surface area contributed by atoms with E-state index in [1.165, 1.54) is 25.3 Å². The van der Waals surface area contributed by atoms with Gasteiger partial charge >= 0.3 is 0 Å². The van der Waals surface area contributed by atoms with Gasteiger partial charge in [-0.2, -0.15) is 0 Å². The molecule has 0 saturated carbocycles. The van der Waals surface area contributed by atoms with Crippen LogP contribution in [0.25, 0.3) is 21.9 Å². The molecule has 0 radical (unpaired) electrons. The first-order valence-corrected chi connectivity index (χ1v) is 8.31. The molecule has 0 spiro atoms. The molecule has 3 aromatic carbocycles. The van der Waals surface area contributed by atoms with Crippen molar-refractivity contribution in [2.24, 2.45) is 0 Å². The van der Waals surface area contributed by atoms with Gasteiger partial charge in [0.2, 0.25) is 0 Å². The monoisotopic (exact) mass is 365 g/mol. The summed E-state index contributed by atoms with van der Waals surface area (Å²) in [5.41, 5.74) is 1.86. The van der Waals surface area contributed by atoms with Crippen LogP contribution < -0.4 is 14.8 Å². The smallest absolute Gasteiger partial charge is 0.262 e. The van der Waals surface area contributed by atoms with E-state index in [2.05, 4.69) is 5.32 Å². The third-order valence-corrected chi connectivity index (χ3v) is 4.14. The van der Waals surface area contributed by atoms with E-state index in [-0.39, 0.29) is 12.4 Å². The molecule has 1 N–H and O–H groups in total. The van der Waals surface area contributed by atoms with Crippen LogP contribution in [-0.4, -0.2) is 19.6 Å². The second-order valence-corrected chi connectivity index (χ2v) is 5.94. The Morgan fingerprint density at radius 1 is 1.04 bits per heavy atom. The van der Waals surface area contributed by atoms with E-state index in [9.17, 15) is 9.18 Å². The maximum absolute atomic E-state index is 13.2. The number of methoxy groups -OCH3 is 1. The molecule has 0 bridgehead atoms. The predicted octanol–water partition coefficient (Wildman–Crippen LogP) is 4.75. The van der Waals surface area contributed by atoms with Gasteiger partial charge in [0.25, 0.3) is 5.91 Å². The molecule has 27 heavy (non-hydrogen) atoms. The lowest BCUT2D eigenvalue weighted by atomic mass is 10.1. The number of carbonyl (C=O) groups excluding carboxylic acids is 1. The quantitative estimate of drug-likeness (QED) is 0.554. The van der Waals surface area contributed by atoms with Gasteiger partial charge < -0.3 is 19.2 Å². The summed E-state index contributed by atoms with van der Waals surface area (Å²) < 4.78 is 29.7. The minimum Gasteiger partial charge on any atom is -0.495 e. The van der Waals surface area contributed by atoms with Crippen molar-refractivity contribution in [1.82, 2.24) is 0 Å². The highest BCUT2D eigenvalue weighted by Crippen LogP contribution is 2.36. The third kappa shape index (κ3) is 3.42. The van der Waals surface area contributed by atoms with Crippen molar-refractivity contribution in [2.75, 3.05) is 19.0 Å². The van der Waals surface area contributed by atoms with Crippen LogP contribution >= 0.6 is 0 Å². The zero-order valence-corrected chi connectivity index (χ0v) is 14.5. The summed E-state index contributed by atoms with van der Waals surface area (Å²) in [5.74, 6) is -0.0315. The molecule has 4 aromatic rings. The number of anilines is 1. The van der Waals surface area contributed by atoms with Crippen LogP contribution in [0, 0.1) is 5.82 Å². The number of hydrogen-bond donors (Lipinski definition) is 1. The minimum absolute atomic E-state index is 0.259. The predicted molar refractivity (Wildman–Crippen MR) is 101 cm³/mol. The van der Waals surface area contributed by atoms with Crippen molar-refractivity contribution < 1.29 is 23.1 Å². The molecule has 1 aromatic heterocycles. The average molecular weight is 365 g/mol. The Balaban J connectivity index is 1.57. The van der Waals surface area contributed by atoms with Crippen LogP contribution in [0.3, 0.4) is 0 Å². The lowest BCUT2D eigenvalue weighted by Crippen LogP contribution is -2.20. The number of amides is 1. The molecule has 6 heteroatoms. The Labute approximate surface area is 154 Å². The van der Waals surface area contributed by atoms with Gasteiger partial charge in [-0.3, -0.25) is 4.79 Å². The number of nitrogens with one attached hydrogen (secondary N) is 1. The number of benzene rings is 3. The van der Waals surface area contributed by atoms with Gasteiger partial charge in [0, 0.05) is 22.9 Å². The molecule has 136 valence electrons. The lowest BCUT2D eigenvalue weighted by molar-refractivity contribution is -0.118. The van der Waals surface area contributed by atoms with E-state index in [0.717, 1.165) is 16.4 Å². The standard InChI is InChI=1S/C21H16FNO4/c1-25-20-10-16-15-7-2-3-8-18(15)27-19(16)11-17(20)23-21(24)12-26-14-6-4-5-13(22)9-14/h2-11H,12H2,1H3,(H,23,24). The maximum atomic E-state index is 13.2. The van der Waals surface area contributed by atoms with Crippen molar-refractivity contribution in [1.29, 1.82) is 0 Å². The Kier molecular flexibility index (Phi) is 4.38. The molecule has 1 heterocycles. The van der Waals surface area contributed by atoms with E-state index >= 15 is 0 Å². The van der Waals surface area contributed by atoms with Gasteiger partial charge in [-0.15, -0.1) is 0 Å². The number of fused-ring (bicyclic) bond motifs is 3. The first kappa shape index (κ1) is 16.9. The summed E-state index contributed by atoms with van der Waals surface area (Å²) >= 11 is 0. The molecule has 0 saturated heterocycles. The molecule has 0 fully saturated rings. The van der Waals surface area contributed by atoms with E-state index in [0.29, 0.717) is 17.0 Å². The summed E-state index contributed by atoms with van der Waals surface area (Å²) in [6.07, 6.45) is 0. The number of furan rings is 1. The molecular weight excluding hydrogens is 349 g/mol. The zero-order valence-electron chi connectivity index (χ0n) is 14.5. The second-order valence-electron chi connectivity index (χ2n) is 5.94. The fourth-order valence-electron chi connectivity index (χ4n) is 2.91. The molecule has 1 amide bonds. The van der Waals surface area contributed by atoms with Crippen molar-refractivity contribution >= 4 is 33.5 Å². The zero-order chi connectivity index (χ0) is 18.8. The number of para-hydroxylation sites is 1. The summed E-state index contributed by atoms with van der Waals surface area (Å²) in [7, 11) is 1.53. The highest BCUT2D eigenvalue weighted by Gasteiger charge is 2.14. The van der Waals surface area contributed by atoms with Gasteiger partial charge in [-0.1, -0.05) is 24.3 Å². The number of rotatable bonds is 5. The highest BCUT2D eigenvalue weighted by atomic mass is 19.1. The fraction of sp³-hybridized carbons (Fsp3) is 0.0952. The minimum atomic E-state index is -0.426. The third-order valence-electron chi connectivity index (χ3n) is 4.14. The Bertz CT molecular complexity index is 1140. The molecule has 0 aliphatic rings. The summed E-state index contributed by atoms with van der Waals surface area (Å²) in [6, 6.07) is 16.8. The van der Waals surface area contributed by atoms with Gasteiger partial charge in [0.1, 0.15) is 28.5 Å². The molecule has 0 unspecified atom stereocenters. The SMILES string of the molecule is COc1cc2c(cc1NC(=O)COc1cccc(F)c1)oc1ccccc12. The Morgan fingerprint density at radius 3 is 2.70 bits per heavy atom. The summed E-state index contributed by atoms with van der Waals surface area (Å²) in [6.45, 7) is -0.259. The van der Waals surface area contributed by atoms with E-state index in [4.69, 9.17) is 13.9 Å². The largest absolute Gasteiger partial charge is 0.495 e. The lowest BCUT2D eigenvalue weighted by Gasteiger charge is -2.11. The van der Waals surface area contributed by atoms with Crippen LogP contribution in [0.15, 0.2) is 65.1 Å². The van der Waals surface area contributed by atoms with Gasteiger partial charge in [0.15, 0.2) is 6.61 Å². The molecule has 0 aliphatic carbocycles. The molecule has 0 atom stereocenters. The van der Waals surface area contributed by atoms with Crippen LogP contribution in [0.2, 0.25) is 0 Å². The van der Waals surface area contributed by atoms with Crippen molar-refractivity contribution in [3.8, 4) is 11.5 Å². The van der Waals surface area contributed by atoms with Crippen molar-refractivity contribution in [2.45, 2.75) is 0 Å². The number of halogens is 1. The van der Waals surface area contributed by atoms with E-state index in [1.54, 1.807) is 12.1 Å². The number of carbonyl (C=O) groups is 1. The van der Waals surface area contributed by atoms with Crippen LogP contribution in [0.1, 0.15) is 0 Å². The molecular formula is C21H16FNO4. The second kappa shape index (κ2) is 6.99. The Morgan fingerprint density at radius 2 is 1.89 bits per heavy atom. The first-order chi connectivity index (χ1) is 13.1. The summed E-state index contributed by atoms with van der Waals surface area (Å²) in [4.78, 5) is 12.2. The Hall–Kier alpha value is -3.54. The van der Waals surface area contributed by atoms with Crippen LogP contribution in [-0.2, 0) is 4.79 Å². The number of hydrogen-bond acceptors (Lipinski definition) is 4. The fourth-order valence-corrected chi connectivity index (χ4v) is 2.91. The molecule has 0 aliphatic heterocycles. The van der Waals surface area contributed by atoms with Crippen molar-refractivity contribution in [3.05, 3.63) is 66.5 Å². The summed E-state index contributed by atoms with van der Waals surface area (Å²) in [5, 5.41) is 4.61. The van der Waals surface area contributed by atoms with Gasteiger partial charge in [-0.05, 0) is 24.3 Å². The average Bonchev–Trinajstić information content (AvgIpc) is 3.03. The van der Waals surface area contributed by atoms with Crippen LogP contribution in [0.4, 0.5) is 10.1 Å². The molecule has 5 nitrogen and oxygen atoms in total.